The van der Waals surface area contributed by atoms with Gasteiger partial charge in [-0.15, -0.1) is 11.3 Å². The molecule has 3 aromatic heterocycles. The van der Waals surface area contributed by atoms with Gasteiger partial charge in [0, 0.05) is 19.9 Å². The van der Waals surface area contributed by atoms with E-state index in [1.54, 1.807) is 18.7 Å². The molecule has 0 aliphatic heterocycles. The first-order chi connectivity index (χ1) is 14.0. The lowest BCUT2D eigenvalue weighted by Crippen LogP contribution is -2.23. The predicted molar refractivity (Wildman–Crippen MR) is 110 cm³/mol. The van der Waals surface area contributed by atoms with E-state index in [1.807, 2.05) is 47.8 Å². The van der Waals surface area contributed by atoms with Crippen molar-refractivity contribution in [1.82, 2.24) is 19.5 Å². The van der Waals surface area contributed by atoms with Gasteiger partial charge in [-0.25, -0.2) is 4.68 Å². The maximum absolute atomic E-state index is 12.8. The normalized spacial score (nSPS) is 11.0. The van der Waals surface area contributed by atoms with Crippen LogP contribution in [0.25, 0.3) is 16.4 Å². The van der Waals surface area contributed by atoms with E-state index >= 15 is 0 Å². The Kier molecular flexibility index (Phi) is 5.13. The SMILES string of the molecule is Cc1c(NC(=O)CCc2nc(-c3cccs3)no2)c(=O)n(-c2ccccc2)n1C. The molecule has 0 radical (unpaired) electrons. The summed E-state index contributed by atoms with van der Waals surface area (Å²) >= 11 is 1.52. The Labute approximate surface area is 170 Å². The number of para-hydroxylation sites is 1. The Balaban J connectivity index is 1.46. The van der Waals surface area contributed by atoms with Gasteiger partial charge in [-0.3, -0.25) is 14.3 Å². The molecule has 1 aromatic carbocycles. The van der Waals surface area contributed by atoms with Crippen LogP contribution >= 0.6 is 11.3 Å². The highest BCUT2D eigenvalue weighted by Crippen LogP contribution is 2.21. The molecule has 1 N–H and O–H groups in total. The van der Waals surface area contributed by atoms with Crippen LogP contribution in [-0.2, 0) is 18.3 Å². The van der Waals surface area contributed by atoms with E-state index in [0.29, 0.717) is 23.8 Å². The van der Waals surface area contributed by atoms with Crippen LogP contribution in [0.2, 0.25) is 0 Å². The fraction of sp³-hybridized carbons (Fsp3) is 0.200. The molecule has 1 amide bonds. The number of hydrogen-bond acceptors (Lipinski definition) is 6. The summed E-state index contributed by atoms with van der Waals surface area (Å²) in [4.78, 5) is 30.5. The van der Waals surface area contributed by atoms with Gasteiger partial charge in [0.25, 0.3) is 5.56 Å². The molecule has 0 saturated heterocycles. The summed E-state index contributed by atoms with van der Waals surface area (Å²) in [6, 6.07) is 13.1. The summed E-state index contributed by atoms with van der Waals surface area (Å²) in [5.41, 5.74) is 1.40. The van der Waals surface area contributed by atoms with Crippen LogP contribution in [0.3, 0.4) is 0 Å². The van der Waals surface area contributed by atoms with E-state index in [2.05, 4.69) is 15.5 Å². The average molecular weight is 409 g/mol. The number of aryl methyl sites for hydroxylation is 1. The van der Waals surface area contributed by atoms with Gasteiger partial charge in [-0.1, -0.05) is 29.4 Å². The second-order valence-corrected chi connectivity index (χ2v) is 7.42. The van der Waals surface area contributed by atoms with Crippen molar-refractivity contribution in [3.05, 3.63) is 69.8 Å². The number of carbonyl (C=O) groups excluding carboxylic acids is 1. The van der Waals surface area contributed by atoms with E-state index < -0.39 is 0 Å². The van der Waals surface area contributed by atoms with Gasteiger partial charge in [0.2, 0.25) is 17.6 Å². The quantitative estimate of drug-likeness (QED) is 0.528. The molecule has 9 heteroatoms. The first kappa shape index (κ1) is 18.9. The lowest BCUT2D eigenvalue weighted by molar-refractivity contribution is -0.116. The molecule has 0 aliphatic rings. The summed E-state index contributed by atoms with van der Waals surface area (Å²) in [5, 5.41) is 8.60. The summed E-state index contributed by atoms with van der Waals surface area (Å²) < 4.78 is 8.46. The summed E-state index contributed by atoms with van der Waals surface area (Å²) in [6.07, 6.45) is 0.425. The van der Waals surface area contributed by atoms with Crippen molar-refractivity contribution in [2.45, 2.75) is 19.8 Å². The molecular formula is C20H19N5O3S. The first-order valence-corrected chi connectivity index (χ1v) is 9.93. The molecule has 0 saturated carbocycles. The zero-order valence-corrected chi connectivity index (χ0v) is 16.8. The van der Waals surface area contributed by atoms with Crippen molar-refractivity contribution >= 4 is 22.9 Å². The minimum Gasteiger partial charge on any atom is -0.339 e. The second kappa shape index (κ2) is 7.88. The fourth-order valence-electron chi connectivity index (χ4n) is 3.00. The van der Waals surface area contributed by atoms with Crippen LogP contribution in [0.15, 0.2) is 57.2 Å². The number of benzene rings is 1. The molecule has 8 nitrogen and oxygen atoms in total. The zero-order chi connectivity index (χ0) is 20.4. The molecular weight excluding hydrogens is 390 g/mol. The molecule has 0 fully saturated rings. The Bertz CT molecular complexity index is 1190. The highest BCUT2D eigenvalue weighted by Gasteiger charge is 2.18. The Morgan fingerprint density at radius 1 is 1.21 bits per heavy atom. The van der Waals surface area contributed by atoms with Crippen LogP contribution < -0.4 is 10.9 Å². The van der Waals surface area contributed by atoms with Crippen LogP contribution in [0.5, 0.6) is 0 Å². The number of amides is 1. The van der Waals surface area contributed by atoms with E-state index in [-0.39, 0.29) is 23.6 Å². The van der Waals surface area contributed by atoms with E-state index in [1.165, 1.54) is 16.0 Å². The Hall–Kier alpha value is -3.46. The lowest BCUT2D eigenvalue weighted by atomic mass is 10.3. The zero-order valence-electron chi connectivity index (χ0n) is 16.0. The fourth-order valence-corrected chi connectivity index (χ4v) is 3.65. The number of hydrogen-bond donors (Lipinski definition) is 1. The van der Waals surface area contributed by atoms with Crippen LogP contribution in [0, 0.1) is 6.92 Å². The van der Waals surface area contributed by atoms with E-state index in [4.69, 9.17) is 4.52 Å². The number of rotatable bonds is 6. The predicted octanol–water partition coefficient (Wildman–Crippen LogP) is 3.17. The van der Waals surface area contributed by atoms with Crippen molar-refractivity contribution in [1.29, 1.82) is 0 Å². The molecule has 148 valence electrons. The number of anilines is 1. The van der Waals surface area contributed by atoms with Gasteiger partial charge in [0.1, 0.15) is 5.69 Å². The van der Waals surface area contributed by atoms with Gasteiger partial charge in [0.15, 0.2) is 0 Å². The van der Waals surface area contributed by atoms with Gasteiger partial charge in [0.05, 0.1) is 16.3 Å². The third-order valence-corrected chi connectivity index (χ3v) is 5.46. The Morgan fingerprint density at radius 2 is 2.00 bits per heavy atom. The van der Waals surface area contributed by atoms with Crippen molar-refractivity contribution in [3.8, 4) is 16.4 Å². The standard InChI is InChI=1S/C20H19N5O3S/c1-13-18(20(27)25(24(13)2)14-7-4-3-5-8-14)21-16(26)10-11-17-22-19(23-28-17)15-9-6-12-29-15/h3-9,12H,10-11H2,1-2H3,(H,21,26). The van der Waals surface area contributed by atoms with Crippen molar-refractivity contribution in [2.75, 3.05) is 5.32 Å². The van der Waals surface area contributed by atoms with Gasteiger partial charge in [-0.05, 0) is 30.5 Å². The van der Waals surface area contributed by atoms with Crippen molar-refractivity contribution in [3.63, 3.8) is 0 Å². The molecule has 0 atom stereocenters. The summed E-state index contributed by atoms with van der Waals surface area (Å²) in [6.45, 7) is 1.79. The van der Waals surface area contributed by atoms with Gasteiger partial charge < -0.3 is 9.84 Å². The molecule has 4 rings (SSSR count). The molecule has 0 spiro atoms. The largest absolute Gasteiger partial charge is 0.339 e. The summed E-state index contributed by atoms with van der Waals surface area (Å²) in [5.74, 6) is 0.613. The minimum absolute atomic E-state index is 0.130. The number of thiophene rings is 1. The number of nitrogens with one attached hydrogen (secondary N) is 1. The van der Waals surface area contributed by atoms with Gasteiger partial charge in [-0.2, -0.15) is 4.98 Å². The lowest BCUT2D eigenvalue weighted by Gasteiger charge is -2.07. The average Bonchev–Trinajstić information content (AvgIpc) is 3.45. The van der Waals surface area contributed by atoms with Crippen LogP contribution in [0.4, 0.5) is 5.69 Å². The van der Waals surface area contributed by atoms with Crippen molar-refractivity contribution in [2.24, 2.45) is 7.05 Å². The molecule has 4 aromatic rings. The third kappa shape index (κ3) is 3.77. The summed E-state index contributed by atoms with van der Waals surface area (Å²) in [7, 11) is 1.78. The molecule has 0 unspecified atom stereocenters. The van der Waals surface area contributed by atoms with Gasteiger partial charge >= 0.3 is 0 Å². The van der Waals surface area contributed by atoms with Crippen LogP contribution in [-0.4, -0.2) is 25.4 Å². The molecule has 0 aliphatic carbocycles. The van der Waals surface area contributed by atoms with Crippen LogP contribution in [0.1, 0.15) is 18.0 Å². The van der Waals surface area contributed by atoms with Crippen molar-refractivity contribution < 1.29 is 9.32 Å². The molecule has 3 heterocycles. The monoisotopic (exact) mass is 409 g/mol. The highest BCUT2D eigenvalue weighted by atomic mass is 32.1. The molecule has 0 bridgehead atoms. The number of nitrogens with zero attached hydrogens (tertiary/aromatic N) is 4. The topological polar surface area (TPSA) is 95.0 Å². The minimum atomic E-state index is -0.285. The maximum Gasteiger partial charge on any atom is 0.295 e. The van der Waals surface area contributed by atoms with E-state index in [9.17, 15) is 9.59 Å². The number of aromatic nitrogens is 4. The maximum atomic E-state index is 12.8. The first-order valence-electron chi connectivity index (χ1n) is 9.05. The second-order valence-electron chi connectivity index (χ2n) is 6.47. The number of carbonyl (C=O) groups is 1. The smallest absolute Gasteiger partial charge is 0.295 e. The van der Waals surface area contributed by atoms with E-state index in [0.717, 1.165) is 10.6 Å². The molecule has 29 heavy (non-hydrogen) atoms. The third-order valence-electron chi connectivity index (χ3n) is 4.59. The highest BCUT2D eigenvalue weighted by molar-refractivity contribution is 7.13. The Morgan fingerprint density at radius 3 is 2.72 bits per heavy atom.